The van der Waals surface area contributed by atoms with Crippen LogP contribution in [0.1, 0.15) is 49.8 Å². The number of aromatic amines is 1. The third-order valence-corrected chi connectivity index (χ3v) is 3.73. The summed E-state index contributed by atoms with van der Waals surface area (Å²) >= 11 is 0. The van der Waals surface area contributed by atoms with Crippen LogP contribution in [-0.4, -0.2) is 46.2 Å². The zero-order valence-electron chi connectivity index (χ0n) is 11.9. The Morgan fingerprint density at radius 2 is 2.16 bits per heavy atom. The van der Waals surface area contributed by atoms with Crippen LogP contribution < -0.4 is 5.32 Å². The van der Waals surface area contributed by atoms with Crippen LogP contribution in [-0.2, 0) is 0 Å². The van der Waals surface area contributed by atoms with Crippen LogP contribution in [0.25, 0.3) is 0 Å². The highest BCUT2D eigenvalue weighted by Gasteiger charge is 2.29. The van der Waals surface area contributed by atoms with Gasteiger partial charge in [0.2, 0.25) is 0 Å². The number of aromatic nitrogens is 2. The van der Waals surface area contributed by atoms with E-state index >= 15 is 0 Å². The summed E-state index contributed by atoms with van der Waals surface area (Å²) in [6.45, 7) is 9.93. The van der Waals surface area contributed by atoms with Gasteiger partial charge in [-0.1, -0.05) is 13.8 Å². The van der Waals surface area contributed by atoms with E-state index in [1.54, 1.807) is 0 Å². The number of carbonyl (C=O) groups is 1. The molecule has 1 aliphatic rings. The summed E-state index contributed by atoms with van der Waals surface area (Å²) < 4.78 is 0. The lowest BCUT2D eigenvalue weighted by Gasteiger charge is -2.38. The largest absolute Gasteiger partial charge is 0.332 e. The van der Waals surface area contributed by atoms with Crippen LogP contribution in [0.4, 0.5) is 0 Å². The van der Waals surface area contributed by atoms with Gasteiger partial charge in [0.25, 0.3) is 5.91 Å². The van der Waals surface area contributed by atoms with Crippen molar-refractivity contribution in [3.8, 4) is 0 Å². The fourth-order valence-corrected chi connectivity index (χ4v) is 2.23. The summed E-state index contributed by atoms with van der Waals surface area (Å²) in [5.41, 5.74) is 1.54. The van der Waals surface area contributed by atoms with Crippen molar-refractivity contribution in [2.45, 2.75) is 45.7 Å². The maximum atomic E-state index is 12.4. The highest BCUT2D eigenvalue weighted by Crippen LogP contribution is 2.16. The van der Waals surface area contributed by atoms with E-state index in [4.69, 9.17) is 0 Å². The molecule has 2 N–H and O–H groups in total. The predicted octanol–water partition coefficient (Wildman–Crippen LogP) is 1.78. The molecule has 0 aromatic carbocycles. The molecule has 2 unspecified atom stereocenters. The highest BCUT2D eigenvalue weighted by molar-refractivity contribution is 5.92. The lowest BCUT2D eigenvalue weighted by atomic mass is 10.1. The van der Waals surface area contributed by atoms with Gasteiger partial charge in [-0.2, -0.15) is 5.10 Å². The van der Waals surface area contributed by atoms with E-state index in [2.05, 4.69) is 43.2 Å². The van der Waals surface area contributed by atoms with Gasteiger partial charge >= 0.3 is 0 Å². The minimum atomic E-state index is 0. The van der Waals surface area contributed by atoms with Crippen molar-refractivity contribution >= 4 is 18.3 Å². The Kier molecular flexibility index (Phi) is 5.38. The molecular formula is C13H23ClN4O. The van der Waals surface area contributed by atoms with Crippen molar-refractivity contribution < 1.29 is 4.79 Å². The van der Waals surface area contributed by atoms with Gasteiger partial charge in [0.1, 0.15) is 5.69 Å². The first-order valence-electron chi connectivity index (χ1n) is 6.60. The number of amides is 1. The Balaban J connectivity index is 0.00000180. The molecule has 108 valence electrons. The third kappa shape index (κ3) is 3.28. The smallest absolute Gasteiger partial charge is 0.274 e. The SMILES string of the molecule is CC(C)c1cc(C(=O)N2CCNC(C)C2C)n[nH]1.Cl. The number of hydrogen-bond donors (Lipinski definition) is 2. The Morgan fingerprint density at radius 1 is 1.47 bits per heavy atom. The number of nitrogens with zero attached hydrogens (tertiary/aromatic N) is 2. The second-order valence-corrected chi connectivity index (χ2v) is 5.35. The summed E-state index contributed by atoms with van der Waals surface area (Å²) in [5, 5.41) is 10.4. The Labute approximate surface area is 120 Å². The topological polar surface area (TPSA) is 61.0 Å². The molecule has 1 aromatic rings. The molecule has 1 aliphatic heterocycles. The van der Waals surface area contributed by atoms with E-state index in [0.29, 0.717) is 17.7 Å². The molecule has 1 fully saturated rings. The predicted molar refractivity (Wildman–Crippen MR) is 77.9 cm³/mol. The molecule has 0 aliphatic carbocycles. The molecule has 0 radical (unpaired) electrons. The van der Waals surface area contributed by atoms with Crippen molar-refractivity contribution in [1.29, 1.82) is 0 Å². The summed E-state index contributed by atoms with van der Waals surface area (Å²) in [6.07, 6.45) is 0. The molecule has 1 aromatic heterocycles. The molecular weight excluding hydrogens is 264 g/mol. The fourth-order valence-electron chi connectivity index (χ4n) is 2.23. The van der Waals surface area contributed by atoms with Gasteiger partial charge in [0.05, 0.1) is 0 Å². The maximum Gasteiger partial charge on any atom is 0.274 e. The lowest BCUT2D eigenvalue weighted by molar-refractivity contribution is 0.0597. The molecule has 6 heteroatoms. The van der Waals surface area contributed by atoms with E-state index < -0.39 is 0 Å². The normalized spacial score (nSPS) is 23.3. The minimum absolute atomic E-state index is 0. The van der Waals surface area contributed by atoms with Crippen molar-refractivity contribution in [1.82, 2.24) is 20.4 Å². The first-order chi connectivity index (χ1) is 8.50. The number of piperazine rings is 1. The van der Waals surface area contributed by atoms with Crippen molar-refractivity contribution in [2.75, 3.05) is 13.1 Å². The average Bonchev–Trinajstić information content (AvgIpc) is 2.81. The summed E-state index contributed by atoms with van der Waals surface area (Å²) in [6, 6.07) is 2.39. The quantitative estimate of drug-likeness (QED) is 0.871. The van der Waals surface area contributed by atoms with Crippen molar-refractivity contribution in [3.63, 3.8) is 0 Å². The van der Waals surface area contributed by atoms with E-state index in [1.165, 1.54) is 0 Å². The van der Waals surface area contributed by atoms with Gasteiger partial charge in [-0.15, -0.1) is 12.4 Å². The second-order valence-electron chi connectivity index (χ2n) is 5.35. The Bertz CT molecular complexity index is 432. The Hall–Kier alpha value is -1.07. The minimum Gasteiger partial charge on any atom is -0.332 e. The van der Waals surface area contributed by atoms with Crippen LogP contribution in [0.15, 0.2) is 6.07 Å². The molecule has 1 amide bonds. The van der Waals surface area contributed by atoms with Crippen LogP contribution >= 0.6 is 12.4 Å². The molecule has 0 saturated carbocycles. The molecule has 1 saturated heterocycles. The zero-order chi connectivity index (χ0) is 13.3. The second kappa shape index (κ2) is 6.39. The van der Waals surface area contributed by atoms with Gasteiger partial charge in [-0.25, -0.2) is 0 Å². The maximum absolute atomic E-state index is 12.4. The van der Waals surface area contributed by atoms with Gasteiger partial charge in [0.15, 0.2) is 0 Å². The van der Waals surface area contributed by atoms with Gasteiger partial charge in [-0.05, 0) is 25.8 Å². The van der Waals surface area contributed by atoms with Crippen LogP contribution in [0, 0.1) is 0 Å². The van der Waals surface area contributed by atoms with Crippen LogP contribution in [0.3, 0.4) is 0 Å². The van der Waals surface area contributed by atoms with E-state index in [0.717, 1.165) is 18.8 Å². The monoisotopic (exact) mass is 286 g/mol. The summed E-state index contributed by atoms with van der Waals surface area (Å²) in [7, 11) is 0. The van der Waals surface area contributed by atoms with Crippen LogP contribution in [0.2, 0.25) is 0 Å². The standard InChI is InChI=1S/C13H22N4O.ClH/c1-8(2)11-7-12(16-15-11)13(18)17-6-5-14-9(3)10(17)4;/h7-10,14H,5-6H2,1-4H3,(H,15,16);1H. The van der Waals surface area contributed by atoms with E-state index in [1.807, 2.05) is 11.0 Å². The van der Waals surface area contributed by atoms with Crippen molar-refractivity contribution in [3.05, 3.63) is 17.5 Å². The van der Waals surface area contributed by atoms with E-state index in [9.17, 15) is 4.79 Å². The number of halogens is 1. The Morgan fingerprint density at radius 3 is 2.74 bits per heavy atom. The fraction of sp³-hybridized carbons (Fsp3) is 0.692. The number of rotatable bonds is 2. The molecule has 2 heterocycles. The number of nitrogens with one attached hydrogen (secondary N) is 2. The van der Waals surface area contributed by atoms with Crippen molar-refractivity contribution in [2.24, 2.45) is 0 Å². The number of hydrogen-bond acceptors (Lipinski definition) is 3. The number of H-pyrrole nitrogens is 1. The molecule has 0 spiro atoms. The first kappa shape index (κ1) is 16.0. The number of carbonyl (C=O) groups excluding carboxylic acids is 1. The summed E-state index contributed by atoms with van der Waals surface area (Å²) in [5.74, 6) is 0.386. The third-order valence-electron chi connectivity index (χ3n) is 3.73. The van der Waals surface area contributed by atoms with Gasteiger partial charge in [-0.3, -0.25) is 9.89 Å². The average molecular weight is 287 g/mol. The molecule has 0 bridgehead atoms. The molecule has 5 nitrogen and oxygen atoms in total. The first-order valence-corrected chi connectivity index (χ1v) is 6.60. The van der Waals surface area contributed by atoms with Gasteiger partial charge < -0.3 is 10.2 Å². The highest BCUT2D eigenvalue weighted by atomic mass is 35.5. The van der Waals surface area contributed by atoms with Gasteiger partial charge in [0, 0.05) is 30.9 Å². The van der Waals surface area contributed by atoms with Crippen LogP contribution in [0.5, 0.6) is 0 Å². The molecule has 2 rings (SSSR count). The lowest BCUT2D eigenvalue weighted by Crippen LogP contribution is -2.57. The molecule has 19 heavy (non-hydrogen) atoms. The van der Waals surface area contributed by atoms with E-state index in [-0.39, 0.29) is 24.4 Å². The summed E-state index contributed by atoms with van der Waals surface area (Å²) in [4.78, 5) is 14.3. The molecule has 2 atom stereocenters. The zero-order valence-corrected chi connectivity index (χ0v) is 12.8.